The van der Waals surface area contributed by atoms with E-state index in [1.54, 1.807) is 26.1 Å². The van der Waals surface area contributed by atoms with Gasteiger partial charge in [-0.15, -0.1) is 5.10 Å². The summed E-state index contributed by atoms with van der Waals surface area (Å²) < 4.78 is 34.0. The highest BCUT2D eigenvalue weighted by molar-refractivity contribution is 5.99. The third-order valence-corrected chi connectivity index (χ3v) is 8.08. The average molecular weight is 508 g/mol. The lowest BCUT2D eigenvalue weighted by Crippen LogP contribution is -2.53. The van der Waals surface area contributed by atoms with E-state index in [9.17, 15) is 8.78 Å². The molecule has 0 radical (unpaired) electrons. The van der Waals surface area contributed by atoms with Crippen molar-refractivity contribution in [1.29, 1.82) is 0 Å². The molecule has 0 aromatic carbocycles. The largest absolute Gasteiger partial charge is 0.378 e. The van der Waals surface area contributed by atoms with Crippen LogP contribution in [0.5, 0.6) is 0 Å². The highest BCUT2D eigenvalue weighted by Crippen LogP contribution is 2.43. The molecule has 10 heteroatoms. The van der Waals surface area contributed by atoms with Crippen molar-refractivity contribution < 1.29 is 13.5 Å². The van der Waals surface area contributed by atoms with Gasteiger partial charge in [0, 0.05) is 36.8 Å². The van der Waals surface area contributed by atoms with E-state index in [2.05, 4.69) is 26.8 Å². The number of fused-ring (bicyclic) bond motifs is 2. The predicted molar refractivity (Wildman–Crippen MR) is 140 cm³/mol. The van der Waals surface area contributed by atoms with Crippen molar-refractivity contribution in [3.63, 3.8) is 0 Å². The van der Waals surface area contributed by atoms with E-state index in [1.807, 2.05) is 22.7 Å². The molecule has 1 N–H and O–H groups in total. The average Bonchev–Trinajstić information content (AvgIpc) is 3.32. The number of rotatable bonds is 7. The third kappa shape index (κ3) is 4.21. The Labute approximate surface area is 214 Å². The number of aromatic nitrogens is 4. The van der Waals surface area contributed by atoms with E-state index in [0.29, 0.717) is 40.8 Å². The minimum atomic E-state index is -2.45. The minimum absolute atomic E-state index is 0.311. The molecule has 0 bridgehead atoms. The van der Waals surface area contributed by atoms with Crippen LogP contribution in [0, 0.1) is 0 Å². The fraction of sp³-hybridized carbons (Fsp3) is 0.481. The number of likely N-dealkylation sites (tertiary alicyclic amines) is 1. The van der Waals surface area contributed by atoms with Gasteiger partial charge in [-0.2, -0.15) is 0 Å². The van der Waals surface area contributed by atoms with Crippen molar-refractivity contribution in [2.75, 3.05) is 31.6 Å². The Balaban J connectivity index is 1.27. The summed E-state index contributed by atoms with van der Waals surface area (Å²) in [5, 5.41) is 8.26. The Morgan fingerprint density at radius 3 is 2.73 bits per heavy atom. The van der Waals surface area contributed by atoms with Crippen LogP contribution in [0.2, 0.25) is 0 Å². The number of nitrogens with one attached hydrogen (secondary N) is 1. The summed E-state index contributed by atoms with van der Waals surface area (Å²) in [6.07, 6.45) is 2.82. The molecular formula is C27H31F2N7O. The molecule has 8 nitrogen and oxygen atoms in total. The van der Waals surface area contributed by atoms with Crippen LogP contribution in [0.15, 0.2) is 36.0 Å². The Hall–Kier alpha value is -3.24. The van der Waals surface area contributed by atoms with Crippen LogP contribution < -0.4 is 5.32 Å². The summed E-state index contributed by atoms with van der Waals surface area (Å²) in [5.41, 5.74) is 4.07. The maximum absolute atomic E-state index is 13.4. The minimum Gasteiger partial charge on any atom is -0.378 e. The van der Waals surface area contributed by atoms with Gasteiger partial charge in [-0.25, -0.2) is 23.3 Å². The molecule has 0 amide bonds. The summed E-state index contributed by atoms with van der Waals surface area (Å²) in [5.74, 6) is 0.568. The van der Waals surface area contributed by atoms with Crippen molar-refractivity contribution >= 4 is 28.9 Å². The standard InChI is InChI=1S/C27H31F2N7O/c1-4-18-11-20(21-5-6-22-25(33-21)27(3,12-24(28)29)16(2)31-22)23-13-30-26(34-36(18)23)32-17-7-9-35(10-8-17)19-14-37-15-19/h4-6,11,13,17,19,24H,1,7-10,12,14-15H2,2-3H3,(H,32,34). The summed E-state index contributed by atoms with van der Waals surface area (Å²) in [4.78, 5) is 16.5. The SMILES string of the molecule is C=Cc1cc(-c2ccc3c(n2)C(C)(CC(F)F)C(C)=N3)c2cnc(NC3CCN(C4COC4)CC3)nn12. The first-order chi connectivity index (χ1) is 17.9. The monoisotopic (exact) mass is 507 g/mol. The van der Waals surface area contributed by atoms with E-state index >= 15 is 0 Å². The Bertz CT molecular complexity index is 1370. The van der Waals surface area contributed by atoms with Crippen molar-refractivity contribution in [2.45, 2.75) is 57.0 Å². The van der Waals surface area contributed by atoms with Crippen molar-refractivity contribution in [2.24, 2.45) is 4.99 Å². The number of pyridine rings is 1. The number of piperidine rings is 1. The molecule has 3 aliphatic rings. The van der Waals surface area contributed by atoms with Crippen LogP contribution in [0.3, 0.4) is 0 Å². The Morgan fingerprint density at radius 1 is 1.27 bits per heavy atom. The summed E-state index contributed by atoms with van der Waals surface area (Å²) in [6, 6.07) is 6.57. The highest BCUT2D eigenvalue weighted by atomic mass is 19.3. The summed E-state index contributed by atoms with van der Waals surface area (Å²) >= 11 is 0. The molecule has 1 atom stereocenters. The lowest BCUT2D eigenvalue weighted by Gasteiger charge is -2.41. The number of aliphatic imine (C=N–C) groups is 1. The maximum Gasteiger partial charge on any atom is 0.241 e. The van der Waals surface area contributed by atoms with Crippen molar-refractivity contribution in [1.82, 2.24) is 24.5 Å². The van der Waals surface area contributed by atoms with E-state index in [1.165, 1.54) is 0 Å². The molecule has 3 aliphatic heterocycles. The van der Waals surface area contributed by atoms with E-state index in [0.717, 1.165) is 55.9 Å². The number of hydrogen-bond donors (Lipinski definition) is 1. The second-order valence-electron chi connectivity index (χ2n) is 10.4. The topological polar surface area (TPSA) is 79.9 Å². The van der Waals surface area contributed by atoms with Gasteiger partial charge >= 0.3 is 0 Å². The number of ether oxygens (including phenoxy) is 1. The normalized spacial score (nSPS) is 22.8. The fourth-order valence-corrected chi connectivity index (χ4v) is 5.58. The zero-order valence-corrected chi connectivity index (χ0v) is 21.1. The molecule has 3 aromatic heterocycles. The molecular weight excluding hydrogens is 476 g/mol. The lowest BCUT2D eigenvalue weighted by molar-refractivity contribution is -0.0705. The van der Waals surface area contributed by atoms with E-state index in [-0.39, 0.29) is 6.42 Å². The molecule has 37 heavy (non-hydrogen) atoms. The molecule has 2 fully saturated rings. The van der Waals surface area contributed by atoms with Gasteiger partial charge in [0.15, 0.2) is 0 Å². The molecule has 0 aliphatic carbocycles. The molecule has 194 valence electrons. The van der Waals surface area contributed by atoms with E-state index in [4.69, 9.17) is 14.8 Å². The summed E-state index contributed by atoms with van der Waals surface area (Å²) in [7, 11) is 0. The fourth-order valence-electron chi connectivity index (χ4n) is 5.58. The van der Waals surface area contributed by atoms with E-state index < -0.39 is 11.8 Å². The zero-order chi connectivity index (χ0) is 25.7. The van der Waals surface area contributed by atoms with Crippen LogP contribution in [0.1, 0.15) is 44.5 Å². The second kappa shape index (κ2) is 9.25. The van der Waals surface area contributed by atoms with Gasteiger partial charge in [-0.05, 0) is 51.0 Å². The molecule has 2 saturated heterocycles. The van der Waals surface area contributed by atoms with Gasteiger partial charge in [-0.3, -0.25) is 9.89 Å². The molecule has 0 saturated carbocycles. The van der Waals surface area contributed by atoms with Gasteiger partial charge in [0.05, 0.1) is 59.2 Å². The number of anilines is 1. The Kier molecular flexibility index (Phi) is 6.03. The number of halogens is 2. The zero-order valence-electron chi connectivity index (χ0n) is 21.1. The van der Waals surface area contributed by atoms with Crippen molar-refractivity contribution in [3.05, 3.63) is 42.4 Å². The third-order valence-electron chi connectivity index (χ3n) is 8.08. The molecule has 1 unspecified atom stereocenters. The smallest absolute Gasteiger partial charge is 0.241 e. The number of alkyl halides is 2. The van der Waals surface area contributed by atoms with Crippen molar-refractivity contribution in [3.8, 4) is 11.3 Å². The highest BCUT2D eigenvalue weighted by Gasteiger charge is 2.41. The Morgan fingerprint density at radius 2 is 2.05 bits per heavy atom. The number of hydrogen-bond acceptors (Lipinski definition) is 7. The van der Waals surface area contributed by atoms with Crippen LogP contribution in [-0.4, -0.2) is 75.0 Å². The molecule has 3 aromatic rings. The predicted octanol–water partition coefficient (Wildman–Crippen LogP) is 4.73. The maximum atomic E-state index is 13.4. The lowest BCUT2D eigenvalue weighted by atomic mass is 9.80. The number of nitrogens with zero attached hydrogens (tertiary/aromatic N) is 6. The van der Waals surface area contributed by atoms with Crippen LogP contribution in [0.4, 0.5) is 20.4 Å². The van der Waals surface area contributed by atoms with Crippen LogP contribution in [-0.2, 0) is 10.2 Å². The first-order valence-electron chi connectivity index (χ1n) is 12.8. The first-order valence-corrected chi connectivity index (χ1v) is 12.8. The van der Waals surface area contributed by atoms with Gasteiger partial charge in [-0.1, -0.05) is 6.58 Å². The molecule has 6 rings (SSSR count). The quantitative estimate of drug-likeness (QED) is 0.498. The van der Waals surface area contributed by atoms with Gasteiger partial charge < -0.3 is 10.1 Å². The second-order valence-corrected chi connectivity index (χ2v) is 10.4. The van der Waals surface area contributed by atoms with Crippen LogP contribution in [0.25, 0.3) is 22.9 Å². The first kappa shape index (κ1) is 24.1. The summed E-state index contributed by atoms with van der Waals surface area (Å²) in [6.45, 7) is 11.3. The van der Waals surface area contributed by atoms with Gasteiger partial charge in [0.25, 0.3) is 0 Å². The van der Waals surface area contributed by atoms with Gasteiger partial charge in [0.1, 0.15) is 0 Å². The molecule has 6 heterocycles. The molecule has 0 spiro atoms. The van der Waals surface area contributed by atoms with Gasteiger partial charge in [0.2, 0.25) is 12.4 Å². The van der Waals surface area contributed by atoms with Crippen LogP contribution >= 0.6 is 0 Å².